The lowest BCUT2D eigenvalue weighted by Gasteiger charge is -2.29. The molecule has 4 unspecified atom stereocenters. The third-order valence-electron chi connectivity index (χ3n) is 14.9. The number of carbonyl (C=O) groups is 9. The van der Waals surface area contributed by atoms with Crippen LogP contribution in [0.3, 0.4) is 0 Å². The van der Waals surface area contributed by atoms with Gasteiger partial charge in [-0.25, -0.2) is 0 Å². The number of primary amides is 1. The van der Waals surface area contributed by atoms with Crippen molar-refractivity contribution in [2.24, 2.45) is 23.1 Å². The van der Waals surface area contributed by atoms with Gasteiger partial charge in [0, 0.05) is 54.8 Å². The third-order valence-corrected chi connectivity index (χ3v) is 17.3. The molecule has 7 aromatic rings. The normalized spacial score (nSPS) is 19.7. The Bertz CT molecular complexity index is 3640. The molecule has 8 rings (SSSR count). The molecule has 24 heteroatoms. The molecule has 0 aliphatic carbocycles. The van der Waals surface area contributed by atoms with E-state index in [9.17, 15) is 43.5 Å². The molecule has 0 bridgehead atoms. The Morgan fingerprint density at radius 2 is 1.17 bits per heavy atom. The molecule has 0 spiro atoms. The van der Waals surface area contributed by atoms with Gasteiger partial charge in [0.2, 0.25) is 47.3 Å². The monoisotopic (exact) mass is 1250 g/mol. The zero-order valence-corrected chi connectivity index (χ0v) is 51.3. The highest BCUT2D eigenvalue weighted by Crippen LogP contribution is 2.26. The number of aromatic nitrogens is 1. The number of unbranched alkanes of at least 4 members (excludes halogenated alkanes) is 1. The molecule has 0 saturated carbocycles. The number of phenolic OH excluding ortho intramolecular Hbond substituents is 1. The second-order valence-electron chi connectivity index (χ2n) is 22.2. The number of nitrogens with one attached hydrogen (secondary N) is 8. The molecule has 6 aromatic carbocycles. The first-order valence-electron chi connectivity index (χ1n) is 29.3. The van der Waals surface area contributed by atoms with Crippen molar-refractivity contribution in [2.45, 2.75) is 114 Å². The number of aliphatic carboxylic acids is 1. The van der Waals surface area contributed by atoms with Crippen molar-refractivity contribution in [2.75, 3.05) is 18.1 Å². The van der Waals surface area contributed by atoms with Gasteiger partial charge >= 0.3 is 0 Å². The van der Waals surface area contributed by atoms with Crippen molar-refractivity contribution >= 4 is 107 Å². The van der Waals surface area contributed by atoms with Crippen LogP contribution in [-0.2, 0) is 68.8 Å². The van der Waals surface area contributed by atoms with Gasteiger partial charge < -0.3 is 69.6 Å². The highest BCUT2D eigenvalue weighted by atomic mass is 33.1. The summed E-state index contributed by atoms with van der Waals surface area (Å²) in [6, 6.07) is 29.7. The summed E-state index contributed by atoms with van der Waals surface area (Å²) in [7, 11) is 2.14. The van der Waals surface area contributed by atoms with E-state index in [4.69, 9.17) is 27.1 Å². The Morgan fingerprint density at radius 1 is 0.629 bits per heavy atom. The molecule has 2 heterocycles. The molecule has 16 N–H and O–H groups in total. The minimum absolute atomic E-state index is 0.0182. The predicted octanol–water partition coefficient (Wildman–Crippen LogP) is 3.93. The molecule has 470 valence electrons. The lowest BCUT2D eigenvalue weighted by molar-refractivity contribution is -0.136. The van der Waals surface area contributed by atoms with Crippen LogP contribution in [-0.4, -0.2) is 135 Å². The summed E-state index contributed by atoms with van der Waals surface area (Å²) in [4.78, 5) is 128. The number of hydrogen-bond donors (Lipinski definition) is 13. The van der Waals surface area contributed by atoms with Gasteiger partial charge in [-0.15, -0.1) is 0 Å². The van der Waals surface area contributed by atoms with Crippen LogP contribution >= 0.6 is 21.6 Å². The number of amides is 8. The van der Waals surface area contributed by atoms with Crippen LogP contribution in [0.4, 0.5) is 0 Å². The van der Waals surface area contributed by atoms with E-state index in [-0.39, 0.29) is 55.9 Å². The van der Waals surface area contributed by atoms with Crippen molar-refractivity contribution < 1.29 is 53.4 Å². The van der Waals surface area contributed by atoms with E-state index in [1.54, 1.807) is 32.2 Å². The largest absolute Gasteiger partial charge is 0.508 e. The van der Waals surface area contributed by atoms with Crippen LogP contribution in [0.25, 0.3) is 32.4 Å². The quantitative estimate of drug-likeness (QED) is 0.0428. The molecule has 8 amide bonds. The Kier molecular flexibility index (Phi) is 24.9. The SMILES string of the molecule is CC(=O)O.CC(C)[C@@H]1NC(=O)C(CCCCN)NC(=O)[C@@H](Cc2c[nH]c3ccccc23)NC(=O)C(Cc2ccc(O)cc2)NC(=O)C(NC(=O)[C@H](N)Cc2ccc3ccccc3c2)CSSCC(C(=O)N[C@H](Cc2ccc3ccccc3c2)C(N)=O)NC1=O. The van der Waals surface area contributed by atoms with Crippen LogP contribution in [0.5, 0.6) is 5.75 Å². The van der Waals surface area contributed by atoms with Gasteiger partial charge in [0.1, 0.15) is 48.0 Å². The molecule has 89 heavy (non-hydrogen) atoms. The first-order valence-corrected chi connectivity index (χ1v) is 31.7. The van der Waals surface area contributed by atoms with Crippen LogP contribution in [0.2, 0.25) is 0 Å². The maximum absolute atomic E-state index is 15.0. The topological polar surface area (TPSA) is 372 Å². The predicted molar refractivity (Wildman–Crippen MR) is 346 cm³/mol. The Hall–Kier alpha value is -8.97. The summed E-state index contributed by atoms with van der Waals surface area (Å²) in [5.41, 5.74) is 21.8. The summed E-state index contributed by atoms with van der Waals surface area (Å²) in [5, 5.41) is 41.9. The fourth-order valence-electron chi connectivity index (χ4n) is 10.1. The van der Waals surface area contributed by atoms with E-state index in [2.05, 4.69) is 42.2 Å². The molecule has 0 radical (unpaired) electrons. The number of nitrogens with two attached hydrogens (primary N) is 3. The fourth-order valence-corrected chi connectivity index (χ4v) is 12.4. The van der Waals surface area contributed by atoms with Gasteiger partial charge in [0.15, 0.2) is 0 Å². The number of H-pyrrole nitrogens is 1. The lowest BCUT2D eigenvalue weighted by atomic mass is 9.99. The standard InChI is InChI=1S/C63H73N11O9S2.C2H4O2/c1-36(2)55-63(83)73-54(61(81)69-50(56(66)76)31-39-19-23-41-12-4-6-14-43(41)28-39)35-85-84-34-53(72-57(77)47(65)29-38-18-22-40-11-3-5-13-42(40)27-38)62(82)70-51(30-37-20-24-45(75)25-21-37)59(79)71-52(32-44-33-67-48-16-8-7-15-46(44)48)60(80)68-49(58(78)74-55)17-9-10-26-64;1-2(3)4/h3-8,11-16,18-25,27-28,33,36,47,49-55,67,75H,9-10,17,26,29-32,34-35,64-65H2,1-2H3,(H2,66,76)(H,68,80)(H,69,81)(H,70,82)(H,71,79)(H,72,77)(H,73,83)(H,74,78);1H3,(H,3,4)/t47-,49?,50-,51?,52-,53?,54?,55+;/m1./s1. The van der Waals surface area contributed by atoms with Crippen molar-refractivity contribution in [1.82, 2.24) is 42.2 Å². The number of carboxylic acids is 1. The Morgan fingerprint density at radius 3 is 1.79 bits per heavy atom. The second-order valence-corrected chi connectivity index (χ2v) is 24.7. The summed E-state index contributed by atoms with van der Waals surface area (Å²) in [6.45, 7) is 4.77. The van der Waals surface area contributed by atoms with Gasteiger partial charge in [0.25, 0.3) is 5.97 Å². The summed E-state index contributed by atoms with van der Waals surface area (Å²) in [5.74, 6) is -7.91. The molecule has 8 atom stereocenters. The van der Waals surface area contributed by atoms with E-state index in [1.807, 2.05) is 109 Å². The van der Waals surface area contributed by atoms with Crippen LogP contribution in [0.1, 0.15) is 62.3 Å². The number of benzene rings is 6. The molecule has 1 aliphatic heterocycles. The first-order chi connectivity index (χ1) is 42.6. The van der Waals surface area contributed by atoms with Gasteiger partial charge in [-0.2, -0.15) is 0 Å². The minimum Gasteiger partial charge on any atom is -0.508 e. The molecule has 1 aromatic heterocycles. The van der Waals surface area contributed by atoms with Gasteiger partial charge in [-0.1, -0.05) is 151 Å². The molecular weight excluding hydrogens is 1170 g/mol. The zero-order chi connectivity index (χ0) is 64.1. The number of hydrogen-bond acceptors (Lipinski definition) is 14. The summed E-state index contributed by atoms with van der Waals surface area (Å²) >= 11 is 0. The van der Waals surface area contributed by atoms with E-state index in [0.29, 0.717) is 29.5 Å². The van der Waals surface area contributed by atoms with Gasteiger partial charge in [-0.3, -0.25) is 43.2 Å². The fraction of sp³-hybridized carbons (Fsp3) is 0.338. The Labute approximate surface area is 523 Å². The minimum atomic E-state index is -1.41. The summed E-state index contributed by atoms with van der Waals surface area (Å²) in [6.07, 6.45) is 2.56. The first kappa shape index (κ1) is 67.5. The molecule has 1 fully saturated rings. The maximum atomic E-state index is 15.0. The third kappa shape index (κ3) is 20.0. The number of phenols is 1. The van der Waals surface area contributed by atoms with Crippen molar-refractivity contribution in [1.29, 1.82) is 0 Å². The maximum Gasteiger partial charge on any atom is 0.300 e. The highest BCUT2D eigenvalue weighted by molar-refractivity contribution is 8.76. The average Bonchev–Trinajstić information content (AvgIpc) is 2.37. The number of carboxylic acid groups (broad SMARTS) is 1. The number of para-hydroxylation sites is 1. The molecule has 1 saturated heterocycles. The van der Waals surface area contributed by atoms with E-state index in [1.165, 1.54) is 12.1 Å². The molecular formula is C65H77N11O11S2. The number of carbonyl (C=O) groups excluding carboxylic acids is 8. The Balaban J connectivity index is 0.00000274. The van der Waals surface area contributed by atoms with Crippen molar-refractivity contribution in [3.8, 4) is 5.75 Å². The molecule has 22 nitrogen and oxygen atoms in total. The zero-order valence-electron chi connectivity index (χ0n) is 49.7. The summed E-state index contributed by atoms with van der Waals surface area (Å²) < 4.78 is 0. The lowest BCUT2D eigenvalue weighted by Crippen LogP contribution is -2.61. The number of aromatic hydroxyl groups is 1. The van der Waals surface area contributed by atoms with Crippen molar-refractivity contribution in [3.63, 3.8) is 0 Å². The number of rotatable bonds is 18. The van der Waals surface area contributed by atoms with E-state index in [0.717, 1.165) is 66.5 Å². The van der Waals surface area contributed by atoms with Gasteiger partial charge in [-0.05, 0) is 100 Å². The number of aromatic amines is 1. The van der Waals surface area contributed by atoms with Crippen molar-refractivity contribution in [3.05, 3.63) is 162 Å². The molecule has 1 aliphatic rings. The smallest absolute Gasteiger partial charge is 0.300 e. The average molecular weight is 1250 g/mol. The van der Waals surface area contributed by atoms with Crippen LogP contribution in [0.15, 0.2) is 140 Å². The van der Waals surface area contributed by atoms with E-state index >= 15 is 0 Å². The highest BCUT2D eigenvalue weighted by Gasteiger charge is 2.36. The van der Waals surface area contributed by atoms with Gasteiger partial charge in [0.05, 0.1) is 6.04 Å². The van der Waals surface area contributed by atoms with E-state index < -0.39 is 107 Å². The second kappa shape index (κ2) is 32.8. The van der Waals surface area contributed by atoms with Crippen LogP contribution < -0.4 is 54.4 Å². The number of fused-ring (bicyclic) bond motifs is 3. The van der Waals surface area contributed by atoms with Crippen LogP contribution in [0, 0.1) is 5.92 Å².